The Balaban J connectivity index is 1.95. The molecule has 0 aromatic carbocycles. The van der Waals surface area contributed by atoms with Crippen LogP contribution in [0.3, 0.4) is 0 Å². The van der Waals surface area contributed by atoms with Gasteiger partial charge in [-0.1, -0.05) is 0 Å². The highest BCUT2D eigenvalue weighted by molar-refractivity contribution is 7.18. The summed E-state index contributed by atoms with van der Waals surface area (Å²) in [5.74, 6) is -0.228. The van der Waals surface area contributed by atoms with Gasteiger partial charge in [0.2, 0.25) is 0 Å². The predicted octanol–water partition coefficient (Wildman–Crippen LogP) is 1.59. The summed E-state index contributed by atoms with van der Waals surface area (Å²) in [7, 11) is 1.79. The van der Waals surface area contributed by atoms with Gasteiger partial charge in [0.15, 0.2) is 5.65 Å². The van der Waals surface area contributed by atoms with Gasteiger partial charge >= 0.3 is 0 Å². The van der Waals surface area contributed by atoms with Gasteiger partial charge in [-0.05, 0) is 13.0 Å². The zero-order valence-electron chi connectivity index (χ0n) is 11.6. The molecule has 0 bridgehead atoms. The Hall–Kier alpha value is -2.48. The maximum Gasteiger partial charge on any atom is 0.269 e. The van der Waals surface area contributed by atoms with Crippen LogP contribution in [-0.4, -0.2) is 31.9 Å². The topological polar surface area (TPSA) is 99.5 Å². The number of aromatic nitrogens is 4. The zero-order chi connectivity index (χ0) is 15.0. The third-order valence-electron chi connectivity index (χ3n) is 3.23. The molecule has 0 unspecified atom stereocenters. The van der Waals surface area contributed by atoms with Crippen LogP contribution in [0.2, 0.25) is 0 Å². The summed E-state index contributed by atoms with van der Waals surface area (Å²) in [6, 6.07) is 1.80. The number of thiazole rings is 1. The molecule has 7 nitrogen and oxygen atoms in total. The molecule has 1 amide bonds. The highest BCUT2D eigenvalue weighted by Gasteiger charge is 2.22. The van der Waals surface area contributed by atoms with Crippen molar-refractivity contribution in [1.82, 2.24) is 25.1 Å². The van der Waals surface area contributed by atoms with Crippen molar-refractivity contribution in [3.05, 3.63) is 34.2 Å². The second kappa shape index (κ2) is 5.13. The van der Waals surface area contributed by atoms with Crippen LogP contribution < -0.4 is 5.32 Å². The van der Waals surface area contributed by atoms with Gasteiger partial charge in [0.1, 0.15) is 5.69 Å². The van der Waals surface area contributed by atoms with E-state index in [9.17, 15) is 4.79 Å². The van der Waals surface area contributed by atoms with E-state index < -0.39 is 0 Å². The molecule has 3 aromatic heterocycles. The van der Waals surface area contributed by atoms with Gasteiger partial charge in [0, 0.05) is 25.0 Å². The molecular formula is C13H14N6OS. The fourth-order valence-corrected chi connectivity index (χ4v) is 3.23. The first-order valence-corrected chi connectivity index (χ1v) is 7.16. The van der Waals surface area contributed by atoms with Crippen LogP contribution in [0.25, 0.3) is 10.3 Å². The highest BCUT2D eigenvalue weighted by atomic mass is 32.1. The maximum absolute atomic E-state index is 12.4. The van der Waals surface area contributed by atoms with Gasteiger partial charge < -0.3 is 15.3 Å². The number of nitrogens with zero attached hydrogens (tertiary/aromatic N) is 3. The smallest absolute Gasteiger partial charge is 0.269 e. The number of hydrogen-bond acceptors (Lipinski definition) is 5. The van der Waals surface area contributed by atoms with Crippen molar-refractivity contribution in [2.24, 2.45) is 7.05 Å². The number of aromatic amines is 1. The van der Waals surface area contributed by atoms with Crippen molar-refractivity contribution in [3.8, 4) is 0 Å². The Kier molecular flexibility index (Phi) is 3.30. The SMILES string of the molecule is Cc1nc2c(s1)c(C=N)c(C(=O)NCc1ccn[nH]1)n2C. The van der Waals surface area contributed by atoms with Crippen LogP contribution in [-0.2, 0) is 13.6 Å². The van der Waals surface area contributed by atoms with E-state index in [1.165, 1.54) is 17.6 Å². The van der Waals surface area contributed by atoms with Gasteiger partial charge in [0.05, 0.1) is 21.9 Å². The standard InChI is InChI=1S/C13H14N6OS/c1-7-17-12-11(21-7)9(5-14)10(19(12)2)13(20)15-6-8-3-4-16-18-8/h3-5,14H,6H2,1-2H3,(H,15,20)(H,16,18). The summed E-state index contributed by atoms with van der Waals surface area (Å²) in [5.41, 5.74) is 2.63. The number of nitrogens with one attached hydrogen (secondary N) is 3. The third-order valence-corrected chi connectivity index (χ3v) is 4.22. The van der Waals surface area contributed by atoms with Crippen molar-refractivity contribution in [2.75, 3.05) is 0 Å². The number of hydrogen-bond donors (Lipinski definition) is 3. The zero-order valence-corrected chi connectivity index (χ0v) is 12.4. The minimum atomic E-state index is -0.228. The van der Waals surface area contributed by atoms with E-state index in [-0.39, 0.29) is 5.91 Å². The number of amides is 1. The van der Waals surface area contributed by atoms with Crippen molar-refractivity contribution in [1.29, 1.82) is 5.41 Å². The summed E-state index contributed by atoms with van der Waals surface area (Å²) in [6.07, 6.45) is 2.85. The number of carbonyl (C=O) groups is 1. The average Bonchev–Trinajstić information content (AvgIpc) is 3.14. The second-order valence-electron chi connectivity index (χ2n) is 4.62. The summed E-state index contributed by atoms with van der Waals surface area (Å²) in [6.45, 7) is 2.28. The number of aryl methyl sites for hydroxylation is 2. The molecule has 21 heavy (non-hydrogen) atoms. The second-order valence-corrected chi connectivity index (χ2v) is 5.82. The quantitative estimate of drug-likeness (QED) is 0.638. The fraction of sp³-hybridized carbons (Fsp3) is 0.231. The largest absolute Gasteiger partial charge is 0.345 e. The lowest BCUT2D eigenvalue weighted by Crippen LogP contribution is -2.26. The highest BCUT2D eigenvalue weighted by Crippen LogP contribution is 2.29. The predicted molar refractivity (Wildman–Crippen MR) is 81.0 cm³/mol. The van der Waals surface area contributed by atoms with Gasteiger partial charge in [-0.25, -0.2) is 4.98 Å². The number of rotatable bonds is 4. The first-order valence-electron chi connectivity index (χ1n) is 6.34. The Morgan fingerprint density at radius 1 is 1.62 bits per heavy atom. The summed E-state index contributed by atoms with van der Waals surface area (Å²) in [5, 5.41) is 18.0. The lowest BCUT2D eigenvalue weighted by molar-refractivity contribution is 0.0942. The Bertz CT molecular complexity index is 814. The van der Waals surface area contributed by atoms with Gasteiger partial charge in [-0.3, -0.25) is 9.89 Å². The molecule has 0 saturated carbocycles. The van der Waals surface area contributed by atoms with E-state index in [1.54, 1.807) is 23.9 Å². The van der Waals surface area contributed by atoms with Crippen molar-refractivity contribution in [2.45, 2.75) is 13.5 Å². The molecule has 3 N–H and O–H groups in total. The molecule has 3 rings (SSSR count). The van der Waals surface area contributed by atoms with E-state index in [4.69, 9.17) is 5.41 Å². The number of carbonyl (C=O) groups excluding carboxylic acids is 1. The first kappa shape index (κ1) is 13.5. The molecule has 0 saturated heterocycles. The van der Waals surface area contributed by atoms with Crippen LogP contribution in [0.4, 0.5) is 0 Å². The molecule has 8 heteroatoms. The van der Waals surface area contributed by atoms with Crippen LogP contribution in [0.15, 0.2) is 12.3 Å². The monoisotopic (exact) mass is 302 g/mol. The van der Waals surface area contributed by atoms with Crippen molar-refractivity contribution >= 4 is 33.8 Å². The summed E-state index contributed by atoms with van der Waals surface area (Å²) in [4.78, 5) is 16.8. The van der Waals surface area contributed by atoms with E-state index >= 15 is 0 Å². The molecule has 0 aliphatic heterocycles. The average molecular weight is 302 g/mol. The minimum Gasteiger partial charge on any atom is -0.345 e. The normalized spacial score (nSPS) is 11.0. The van der Waals surface area contributed by atoms with Crippen LogP contribution in [0.5, 0.6) is 0 Å². The molecule has 3 aromatic rings. The summed E-state index contributed by atoms with van der Waals surface area (Å²) >= 11 is 1.49. The lowest BCUT2D eigenvalue weighted by Gasteiger charge is -2.06. The molecular weight excluding hydrogens is 288 g/mol. The van der Waals surface area contributed by atoms with Crippen molar-refractivity contribution in [3.63, 3.8) is 0 Å². The maximum atomic E-state index is 12.4. The fourth-order valence-electron chi connectivity index (χ4n) is 2.26. The Morgan fingerprint density at radius 3 is 3.10 bits per heavy atom. The molecule has 108 valence electrons. The molecule has 0 radical (unpaired) electrons. The minimum absolute atomic E-state index is 0.228. The first-order chi connectivity index (χ1) is 10.1. The van der Waals surface area contributed by atoms with Gasteiger partial charge in [-0.15, -0.1) is 11.3 Å². The molecule has 0 atom stereocenters. The third kappa shape index (κ3) is 2.23. The molecule has 0 spiro atoms. The summed E-state index contributed by atoms with van der Waals surface area (Å²) < 4.78 is 2.61. The van der Waals surface area contributed by atoms with E-state index in [0.29, 0.717) is 17.8 Å². The number of fused-ring (bicyclic) bond motifs is 1. The van der Waals surface area contributed by atoms with Crippen LogP contribution in [0.1, 0.15) is 26.8 Å². The van der Waals surface area contributed by atoms with Crippen LogP contribution in [0, 0.1) is 12.3 Å². The van der Waals surface area contributed by atoms with E-state index in [0.717, 1.165) is 21.0 Å². The number of H-pyrrole nitrogens is 1. The Morgan fingerprint density at radius 2 is 2.43 bits per heavy atom. The van der Waals surface area contributed by atoms with Gasteiger partial charge in [0.25, 0.3) is 5.91 Å². The van der Waals surface area contributed by atoms with E-state index in [1.807, 2.05) is 6.92 Å². The molecule has 0 aliphatic rings. The molecule has 3 heterocycles. The molecule has 0 aliphatic carbocycles. The van der Waals surface area contributed by atoms with Crippen LogP contribution >= 0.6 is 11.3 Å². The van der Waals surface area contributed by atoms with E-state index in [2.05, 4.69) is 20.5 Å². The molecule has 0 fully saturated rings. The lowest BCUT2D eigenvalue weighted by atomic mass is 10.2. The van der Waals surface area contributed by atoms with Crippen molar-refractivity contribution < 1.29 is 4.79 Å². The Labute approximate surface area is 124 Å². The van der Waals surface area contributed by atoms with Gasteiger partial charge in [-0.2, -0.15) is 5.10 Å².